The number of rotatable bonds is 9. The first kappa shape index (κ1) is 22.4. The fraction of sp³-hybridized carbons (Fsp3) is 0.667. The van der Waals surface area contributed by atoms with Crippen LogP contribution in [0.2, 0.25) is 18.1 Å². The molecule has 0 radical (unpaired) electrons. The standard InChI is InChI=1S/C24H41NOSi/c1-24(2,3)27(4,5)26-20-23-16-14-21(15-17-23)11-9-10-18-25-19-22-12-7-6-8-13-22/h6-9,11-13,21,23,25H,10,14-20H2,1-5H3. The summed E-state index contributed by atoms with van der Waals surface area (Å²) in [6.45, 7) is 14.7. The highest BCUT2D eigenvalue weighted by Gasteiger charge is 2.37. The van der Waals surface area contributed by atoms with Crippen molar-refractivity contribution in [3.05, 3.63) is 48.0 Å². The molecule has 0 bridgehead atoms. The molecule has 152 valence electrons. The Morgan fingerprint density at radius 1 is 1.07 bits per heavy atom. The molecule has 0 atom stereocenters. The smallest absolute Gasteiger partial charge is 0.191 e. The molecule has 0 unspecified atom stereocenters. The third-order valence-corrected chi connectivity index (χ3v) is 10.9. The van der Waals surface area contributed by atoms with Crippen LogP contribution in [0, 0.1) is 11.8 Å². The Kier molecular flexibility index (Phi) is 8.78. The van der Waals surface area contributed by atoms with Gasteiger partial charge in [-0.15, -0.1) is 0 Å². The van der Waals surface area contributed by atoms with E-state index in [2.05, 4.69) is 81.7 Å². The zero-order valence-corrected chi connectivity index (χ0v) is 19.3. The van der Waals surface area contributed by atoms with Gasteiger partial charge in [0.15, 0.2) is 8.32 Å². The molecule has 1 aliphatic rings. The van der Waals surface area contributed by atoms with Crippen LogP contribution in [0.15, 0.2) is 42.5 Å². The van der Waals surface area contributed by atoms with Gasteiger partial charge in [0.2, 0.25) is 0 Å². The molecule has 0 amide bonds. The molecule has 1 saturated carbocycles. The van der Waals surface area contributed by atoms with Crippen molar-refractivity contribution in [2.24, 2.45) is 11.8 Å². The van der Waals surface area contributed by atoms with Crippen LogP contribution in [0.25, 0.3) is 0 Å². The van der Waals surface area contributed by atoms with Gasteiger partial charge in [-0.05, 0) is 74.2 Å². The molecule has 0 saturated heterocycles. The van der Waals surface area contributed by atoms with E-state index in [1.54, 1.807) is 0 Å². The van der Waals surface area contributed by atoms with Crippen LogP contribution < -0.4 is 5.32 Å². The number of allylic oxidation sites excluding steroid dienone is 1. The molecule has 1 aliphatic carbocycles. The summed E-state index contributed by atoms with van der Waals surface area (Å²) in [5.74, 6) is 1.56. The van der Waals surface area contributed by atoms with E-state index in [1.165, 1.54) is 31.2 Å². The number of benzene rings is 1. The SMILES string of the molecule is CC(C)(C)[Si](C)(C)OCC1CCC(C=CCCNCc2ccccc2)CC1. The van der Waals surface area contributed by atoms with Gasteiger partial charge < -0.3 is 9.74 Å². The van der Waals surface area contributed by atoms with E-state index in [9.17, 15) is 0 Å². The minimum atomic E-state index is -1.59. The van der Waals surface area contributed by atoms with Gasteiger partial charge in [0, 0.05) is 13.2 Å². The van der Waals surface area contributed by atoms with Crippen molar-refractivity contribution in [1.29, 1.82) is 0 Å². The quantitative estimate of drug-likeness (QED) is 0.295. The van der Waals surface area contributed by atoms with Crippen LogP contribution >= 0.6 is 0 Å². The highest BCUT2D eigenvalue weighted by atomic mass is 28.4. The monoisotopic (exact) mass is 387 g/mol. The molecule has 2 nitrogen and oxygen atoms in total. The van der Waals surface area contributed by atoms with Gasteiger partial charge in [0.25, 0.3) is 0 Å². The largest absolute Gasteiger partial charge is 0.417 e. The Labute approximate surface area is 168 Å². The van der Waals surface area contributed by atoms with E-state index in [0.29, 0.717) is 5.04 Å². The van der Waals surface area contributed by atoms with Gasteiger partial charge in [0.1, 0.15) is 0 Å². The van der Waals surface area contributed by atoms with Crippen molar-refractivity contribution in [1.82, 2.24) is 5.32 Å². The van der Waals surface area contributed by atoms with Crippen molar-refractivity contribution in [2.45, 2.75) is 77.6 Å². The highest BCUT2D eigenvalue weighted by Crippen LogP contribution is 2.38. The summed E-state index contributed by atoms with van der Waals surface area (Å²) in [4.78, 5) is 0. The van der Waals surface area contributed by atoms with Gasteiger partial charge in [-0.3, -0.25) is 0 Å². The third kappa shape index (κ3) is 7.93. The van der Waals surface area contributed by atoms with Crippen LogP contribution in [-0.4, -0.2) is 21.5 Å². The van der Waals surface area contributed by atoms with E-state index < -0.39 is 8.32 Å². The molecule has 0 spiro atoms. The molecular formula is C24H41NOSi. The summed E-state index contributed by atoms with van der Waals surface area (Å²) in [6.07, 6.45) is 11.3. The average molecular weight is 388 g/mol. The summed E-state index contributed by atoms with van der Waals surface area (Å²) in [5, 5.41) is 3.85. The van der Waals surface area contributed by atoms with Gasteiger partial charge in [0.05, 0.1) is 0 Å². The van der Waals surface area contributed by atoms with E-state index in [-0.39, 0.29) is 0 Å². The van der Waals surface area contributed by atoms with E-state index >= 15 is 0 Å². The number of hydrogen-bond acceptors (Lipinski definition) is 2. The van der Waals surface area contributed by atoms with Gasteiger partial charge in [-0.25, -0.2) is 0 Å². The average Bonchev–Trinajstić information content (AvgIpc) is 2.64. The molecule has 0 heterocycles. The molecule has 0 aromatic heterocycles. The van der Waals surface area contributed by atoms with Crippen LogP contribution in [0.3, 0.4) is 0 Å². The Balaban J connectivity index is 1.57. The van der Waals surface area contributed by atoms with Crippen molar-refractivity contribution in [3.63, 3.8) is 0 Å². The first-order chi connectivity index (χ1) is 12.8. The summed E-state index contributed by atoms with van der Waals surface area (Å²) in [6, 6.07) is 10.6. The second-order valence-corrected chi connectivity index (χ2v) is 14.5. The van der Waals surface area contributed by atoms with Crippen molar-refractivity contribution < 1.29 is 4.43 Å². The Morgan fingerprint density at radius 3 is 2.37 bits per heavy atom. The lowest BCUT2D eigenvalue weighted by atomic mass is 9.82. The molecule has 1 fully saturated rings. The summed E-state index contributed by atoms with van der Waals surface area (Å²) >= 11 is 0. The molecule has 3 heteroatoms. The van der Waals surface area contributed by atoms with Crippen molar-refractivity contribution in [2.75, 3.05) is 13.2 Å². The Bertz CT molecular complexity index is 553. The Hall–Kier alpha value is -0.903. The maximum Gasteiger partial charge on any atom is 0.191 e. The second kappa shape index (κ2) is 10.6. The van der Waals surface area contributed by atoms with E-state index in [0.717, 1.165) is 38.0 Å². The molecule has 2 rings (SSSR count). The second-order valence-electron chi connectivity index (χ2n) is 9.73. The minimum Gasteiger partial charge on any atom is -0.417 e. The van der Waals surface area contributed by atoms with Crippen LogP contribution in [0.5, 0.6) is 0 Å². The maximum atomic E-state index is 6.44. The first-order valence-electron chi connectivity index (χ1n) is 10.8. The zero-order chi connectivity index (χ0) is 19.8. The third-order valence-electron chi connectivity index (χ3n) is 6.45. The van der Waals surface area contributed by atoms with E-state index in [4.69, 9.17) is 4.43 Å². The molecular weight excluding hydrogens is 346 g/mol. The van der Waals surface area contributed by atoms with Gasteiger partial charge in [-0.1, -0.05) is 63.3 Å². The lowest BCUT2D eigenvalue weighted by Gasteiger charge is -2.38. The van der Waals surface area contributed by atoms with Crippen LogP contribution in [0.1, 0.15) is 58.4 Å². The van der Waals surface area contributed by atoms with Crippen LogP contribution in [0.4, 0.5) is 0 Å². The minimum absolute atomic E-state index is 0.321. The summed E-state index contributed by atoms with van der Waals surface area (Å²) in [5.41, 5.74) is 1.36. The molecule has 27 heavy (non-hydrogen) atoms. The molecule has 1 aromatic carbocycles. The summed E-state index contributed by atoms with van der Waals surface area (Å²) in [7, 11) is -1.59. The van der Waals surface area contributed by atoms with E-state index in [1.807, 2.05) is 0 Å². The van der Waals surface area contributed by atoms with Crippen LogP contribution in [-0.2, 0) is 11.0 Å². The first-order valence-corrected chi connectivity index (χ1v) is 13.7. The molecule has 1 N–H and O–H groups in total. The fourth-order valence-electron chi connectivity index (χ4n) is 3.39. The maximum absolute atomic E-state index is 6.44. The predicted octanol–water partition coefficient (Wildman–Crippen LogP) is 6.55. The lowest BCUT2D eigenvalue weighted by Crippen LogP contribution is -2.42. The van der Waals surface area contributed by atoms with Gasteiger partial charge in [-0.2, -0.15) is 0 Å². The molecule has 1 aromatic rings. The van der Waals surface area contributed by atoms with Gasteiger partial charge >= 0.3 is 0 Å². The highest BCUT2D eigenvalue weighted by molar-refractivity contribution is 6.74. The molecule has 0 aliphatic heterocycles. The van der Waals surface area contributed by atoms with Crippen molar-refractivity contribution >= 4 is 8.32 Å². The predicted molar refractivity (Wildman–Crippen MR) is 121 cm³/mol. The zero-order valence-electron chi connectivity index (χ0n) is 18.3. The number of hydrogen-bond donors (Lipinski definition) is 1. The number of nitrogens with one attached hydrogen (secondary N) is 1. The lowest BCUT2D eigenvalue weighted by molar-refractivity contribution is 0.181. The van der Waals surface area contributed by atoms with Crippen molar-refractivity contribution in [3.8, 4) is 0 Å². The Morgan fingerprint density at radius 2 is 1.74 bits per heavy atom. The summed E-state index contributed by atoms with van der Waals surface area (Å²) < 4.78 is 6.44. The fourth-order valence-corrected chi connectivity index (χ4v) is 4.48. The topological polar surface area (TPSA) is 21.3 Å². The normalized spacial score (nSPS) is 21.7.